The fourth-order valence-electron chi connectivity index (χ4n) is 1.37. The van der Waals surface area contributed by atoms with Crippen molar-refractivity contribution in [1.29, 1.82) is 0 Å². The van der Waals surface area contributed by atoms with E-state index in [1.54, 1.807) is 30.5 Å². The third-order valence-electron chi connectivity index (χ3n) is 2.35. The fourth-order valence-corrected chi connectivity index (χ4v) is 1.37. The molecular formula is C14H14N2O. The highest BCUT2D eigenvalue weighted by Gasteiger charge is 1.90. The number of aryl methyl sites for hydroxylation is 1. The van der Waals surface area contributed by atoms with E-state index in [1.165, 1.54) is 5.56 Å². The van der Waals surface area contributed by atoms with Gasteiger partial charge in [0.15, 0.2) is 0 Å². The van der Waals surface area contributed by atoms with Crippen molar-refractivity contribution in [3.63, 3.8) is 0 Å². The molecule has 0 saturated heterocycles. The second-order valence-corrected chi connectivity index (χ2v) is 3.83. The summed E-state index contributed by atoms with van der Waals surface area (Å²) in [5.74, 6) is 0.258. The smallest absolute Gasteiger partial charge is 0.115 e. The van der Waals surface area contributed by atoms with E-state index in [0.717, 1.165) is 11.3 Å². The van der Waals surface area contributed by atoms with Gasteiger partial charge < -0.3 is 5.11 Å². The van der Waals surface area contributed by atoms with E-state index in [4.69, 9.17) is 5.11 Å². The number of hydrogen-bond acceptors (Lipinski definition) is 3. The van der Waals surface area contributed by atoms with Gasteiger partial charge in [-0.15, -0.1) is 0 Å². The lowest BCUT2D eigenvalue weighted by Crippen LogP contribution is -1.90. The number of phenols is 1. The van der Waals surface area contributed by atoms with Crippen LogP contribution in [0.3, 0.4) is 0 Å². The molecule has 0 radical (unpaired) electrons. The topological polar surface area (TPSA) is 44.6 Å². The normalized spacial score (nSPS) is 10.6. The maximum Gasteiger partial charge on any atom is 0.115 e. The summed E-state index contributed by atoms with van der Waals surface area (Å²) in [7, 11) is 0. The largest absolute Gasteiger partial charge is 0.508 e. The maximum atomic E-state index is 9.13. The third kappa shape index (κ3) is 3.34. The first-order valence-electron chi connectivity index (χ1n) is 5.39. The average Bonchev–Trinajstić information content (AvgIpc) is 2.34. The van der Waals surface area contributed by atoms with E-state index < -0.39 is 0 Å². The first-order valence-corrected chi connectivity index (χ1v) is 5.39. The van der Waals surface area contributed by atoms with Gasteiger partial charge in [-0.3, -0.25) is 5.43 Å². The molecular weight excluding hydrogens is 212 g/mol. The first kappa shape index (κ1) is 11.2. The number of hydrazone groups is 1. The number of hydrogen-bond donors (Lipinski definition) is 2. The molecule has 0 aliphatic rings. The van der Waals surface area contributed by atoms with Crippen molar-refractivity contribution >= 4 is 11.9 Å². The van der Waals surface area contributed by atoms with Crippen LogP contribution >= 0.6 is 0 Å². The van der Waals surface area contributed by atoms with Crippen molar-refractivity contribution < 1.29 is 5.11 Å². The van der Waals surface area contributed by atoms with Gasteiger partial charge in [0.2, 0.25) is 0 Å². The molecule has 2 aromatic rings. The molecule has 0 aromatic heterocycles. The molecule has 2 aromatic carbocycles. The third-order valence-corrected chi connectivity index (χ3v) is 2.35. The zero-order chi connectivity index (χ0) is 12.1. The Kier molecular flexibility index (Phi) is 3.40. The van der Waals surface area contributed by atoms with Crippen LogP contribution in [0.2, 0.25) is 0 Å². The van der Waals surface area contributed by atoms with E-state index in [0.29, 0.717) is 0 Å². The lowest BCUT2D eigenvalue weighted by atomic mass is 10.2. The highest BCUT2D eigenvalue weighted by molar-refractivity contribution is 5.80. The SMILES string of the molecule is Cc1ccc(N/N=C\c2ccc(O)cc2)cc1. The first-order chi connectivity index (χ1) is 8.24. The molecule has 86 valence electrons. The molecule has 0 unspecified atom stereocenters. The van der Waals surface area contributed by atoms with Gasteiger partial charge in [-0.1, -0.05) is 17.7 Å². The van der Waals surface area contributed by atoms with Crippen molar-refractivity contribution in [3.05, 3.63) is 59.7 Å². The Morgan fingerprint density at radius 1 is 1.00 bits per heavy atom. The number of aromatic hydroxyl groups is 1. The van der Waals surface area contributed by atoms with Crippen LogP contribution in [-0.2, 0) is 0 Å². The zero-order valence-electron chi connectivity index (χ0n) is 9.59. The van der Waals surface area contributed by atoms with Gasteiger partial charge in [0.1, 0.15) is 5.75 Å². The Morgan fingerprint density at radius 3 is 2.29 bits per heavy atom. The minimum atomic E-state index is 0.258. The van der Waals surface area contributed by atoms with Crippen molar-refractivity contribution in [2.75, 3.05) is 5.43 Å². The van der Waals surface area contributed by atoms with Crippen molar-refractivity contribution in [3.8, 4) is 5.75 Å². The summed E-state index contributed by atoms with van der Waals surface area (Å²) in [6.07, 6.45) is 1.71. The van der Waals surface area contributed by atoms with Crippen molar-refractivity contribution in [2.24, 2.45) is 5.10 Å². The summed E-state index contributed by atoms with van der Waals surface area (Å²) in [6.45, 7) is 2.05. The summed E-state index contributed by atoms with van der Waals surface area (Å²) in [6, 6.07) is 14.9. The molecule has 3 nitrogen and oxygen atoms in total. The molecule has 0 saturated carbocycles. The summed E-state index contributed by atoms with van der Waals surface area (Å²) in [4.78, 5) is 0. The number of nitrogens with zero attached hydrogens (tertiary/aromatic N) is 1. The quantitative estimate of drug-likeness (QED) is 0.623. The number of anilines is 1. The fraction of sp³-hybridized carbons (Fsp3) is 0.0714. The van der Waals surface area contributed by atoms with Gasteiger partial charge in [0, 0.05) is 0 Å². The van der Waals surface area contributed by atoms with E-state index in [1.807, 2.05) is 31.2 Å². The highest BCUT2D eigenvalue weighted by atomic mass is 16.3. The summed E-state index contributed by atoms with van der Waals surface area (Å²) < 4.78 is 0. The lowest BCUT2D eigenvalue weighted by Gasteiger charge is -2.00. The molecule has 0 aliphatic heterocycles. The van der Waals surface area contributed by atoms with Gasteiger partial charge in [-0.05, 0) is 48.9 Å². The maximum absolute atomic E-state index is 9.13. The van der Waals surface area contributed by atoms with Crippen LogP contribution in [0, 0.1) is 6.92 Å². The van der Waals surface area contributed by atoms with Crippen LogP contribution in [0.4, 0.5) is 5.69 Å². The van der Waals surface area contributed by atoms with Gasteiger partial charge in [-0.25, -0.2) is 0 Å². The molecule has 17 heavy (non-hydrogen) atoms. The van der Waals surface area contributed by atoms with Crippen molar-refractivity contribution in [1.82, 2.24) is 0 Å². The summed E-state index contributed by atoms with van der Waals surface area (Å²) in [5.41, 5.74) is 6.04. The number of rotatable bonds is 3. The predicted octanol–water partition coefficient (Wildman–Crippen LogP) is 3.15. The average molecular weight is 226 g/mol. The lowest BCUT2D eigenvalue weighted by molar-refractivity contribution is 0.475. The monoisotopic (exact) mass is 226 g/mol. The van der Waals surface area contributed by atoms with Crippen LogP contribution in [0.1, 0.15) is 11.1 Å². The van der Waals surface area contributed by atoms with E-state index in [-0.39, 0.29) is 5.75 Å². The Hall–Kier alpha value is -2.29. The van der Waals surface area contributed by atoms with Gasteiger partial charge in [0.05, 0.1) is 11.9 Å². The van der Waals surface area contributed by atoms with Gasteiger partial charge in [-0.2, -0.15) is 5.10 Å². The summed E-state index contributed by atoms with van der Waals surface area (Å²) >= 11 is 0. The van der Waals surface area contributed by atoms with Crippen molar-refractivity contribution in [2.45, 2.75) is 6.92 Å². The molecule has 0 fully saturated rings. The van der Waals surface area contributed by atoms with Crippen LogP contribution in [-0.4, -0.2) is 11.3 Å². The Balaban J connectivity index is 1.97. The number of nitrogens with one attached hydrogen (secondary N) is 1. The van der Waals surface area contributed by atoms with Gasteiger partial charge >= 0.3 is 0 Å². The highest BCUT2D eigenvalue weighted by Crippen LogP contribution is 2.09. The molecule has 2 N–H and O–H groups in total. The minimum absolute atomic E-state index is 0.258. The Labute approximate surface area is 100 Å². The molecule has 3 heteroatoms. The molecule has 0 atom stereocenters. The second kappa shape index (κ2) is 5.16. The van der Waals surface area contributed by atoms with E-state index in [9.17, 15) is 0 Å². The Morgan fingerprint density at radius 2 is 1.65 bits per heavy atom. The van der Waals surface area contributed by atoms with Crippen LogP contribution in [0.5, 0.6) is 5.75 Å². The van der Waals surface area contributed by atoms with Crippen LogP contribution in [0.25, 0.3) is 0 Å². The van der Waals surface area contributed by atoms with Crippen LogP contribution in [0.15, 0.2) is 53.6 Å². The number of benzene rings is 2. The van der Waals surface area contributed by atoms with E-state index in [2.05, 4.69) is 10.5 Å². The minimum Gasteiger partial charge on any atom is -0.508 e. The number of phenolic OH excluding ortho intramolecular Hbond substituents is 1. The Bertz CT molecular complexity index is 501. The predicted molar refractivity (Wildman–Crippen MR) is 70.5 cm³/mol. The second-order valence-electron chi connectivity index (χ2n) is 3.83. The van der Waals surface area contributed by atoms with Crippen LogP contribution < -0.4 is 5.43 Å². The molecule has 0 amide bonds. The standard InChI is InChI=1S/C14H14N2O/c1-11-2-6-13(7-3-11)16-15-10-12-4-8-14(17)9-5-12/h2-10,16-17H,1H3/b15-10-. The molecule has 0 heterocycles. The summed E-state index contributed by atoms with van der Waals surface area (Å²) in [5, 5.41) is 13.2. The molecule has 0 bridgehead atoms. The zero-order valence-corrected chi connectivity index (χ0v) is 9.59. The molecule has 2 rings (SSSR count). The molecule has 0 aliphatic carbocycles. The van der Waals surface area contributed by atoms with Gasteiger partial charge in [0.25, 0.3) is 0 Å². The van der Waals surface area contributed by atoms with E-state index >= 15 is 0 Å². The molecule has 0 spiro atoms.